The fourth-order valence-electron chi connectivity index (χ4n) is 3.42. The number of rotatable bonds is 1. The average Bonchev–Trinajstić information content (AvgIpc) is 3.01. The van der Waals surface area contributed by atoms with Crippen LogP contribution in [0.2, 0.25) is 5.02 Å². The minimum atomic E-state index is -0.0407. The van der Waals surface area contributed by atoms with E-state index < -0.39 is 0 Å². The molecule has 2 heterocycles. The van der Waals surface area contributed by atoms with E-state index in [9.17, 15) is 0 Å². The quantitative estimate of drug-likeness (QED) is 0.511. The first-order valence-corrected chi connectivity index (χ1v) is 8.27. The van der Waals surface area contributed by atoms with Gasteiger partial charge in [-0.25, -0.2) is 4.98 Å². The van der Waals surface area contributed by atoms with Crippen LogP contribution in [0.25, 0.3) is 22.4 Å². The number of imidazole rings is 1. The second-order valence-electron chi connectivity index (χ2n) is 5.94. The van der Waals surface area contributed by atoms with Gasteiger partial charge < -0.3 is 5.32 Å². The highest BCUT2D eigenvalue weighted by molar-refractivity contribution is 6.30. The summed E-state index contributed by atoms with van der Waals surface area (Å²) in [7, 11) is 0. The van der Waals surface area contributed by atoms with Crippen LogP contribution in [-0.4, -0.2) is 9.55 Å². The number of benzene rings is 3. The van der Waals surface area contributed by atoms with E-state index >= 15 is 0 Å². The van der Waals surface area contributed by atoms with Crippen molar-refractivity contribution in [3.63, 3.8) is 0 Å². The van der Waals surface area contributed by atoms with Gasteiger partial charge in [0.1, 0.15) is 12.0 Å². The molecule has 0 fully saturated rings. The molecular formula is C20H14ClN3. The van der Waals surface area contributed by atoms with Crippen molar-refractivity contribution >= 4 is 28.3 Å². The number of aromatic nitrogens is 2. The first-order valence-electron chi connectivity index (χ1n) is 7.90. The monoisotopic (exact) mass is 331 g/mol. The van der Waals surface area contributed by atoms with Crippen LogP contribution in [0, 0.1) is 0 Å². The molecule has 1 aliphatic rings. The van der Waals surface area contributed by atoms with Gasteiger partial charge in [0.2, 0.25) is 0 Å². The van der Waals surface area contributed by atoms with Crippen molar-refractivity contribution in [2.45, 2.75) is 6.17 Å². The molecule has 24 heavy (non-hydrogen) atoms. The maximum Gasteiger partial charge on any atom is 0.145 e. The van der Waals surface area contributed by atoms with Crippen LogP contribution in [-0.2, 0) is 0 Å². The maximum absolute atomic E-state index is 6.23. The van der Waals surface area contributed by atoms with Gasteiger partial charge in [-0.15, -0.1) is 0 Å². The third-order valence-corrected chi connectivity index (χ3v) is 4.71. The van der Waals surface area contributed by atoms with Crippen molar-refractivity contribution < 1.29 is 0 Å². The number of hydrogen-bond donors (Lipinski definition) is 1. The van der Waals surface area contributed by atoms with Gasteiger partial charge in [-0.3, -0.25) is 4.57 Å². The Labute approximate surface area is 144 Å². The van der Waals surface area contributed by atoms with Crippen molar-refractivity contribution in [1.29, 1.82) is 0 Å². The summed E-state index contributed by atoms with van der Waals surface area (Å²) in [4.78, 5) is 4.88. The van der Waals surface area contributed by atoms with Gasteiger partial charge in [0.25, 0.3) is 0 Å². The van der Waals surface area contributed by atoms with E-state index in [4.69, 9.17) is 16.6 Å². The zero-order valence-corrected chi connectivity index (χ0v) is 13.5. The maximum atomic E-state index is 6.23. The van der Waals surface area contributed by atoms with Gasteiger partial charge in [0, 0.05) is 16.3 Å². The molecule has 1 unspecified atom stereocenters. The Morgan fingerprint density at radius 2 is 1.75 bits per heavy atom. The Balaban J connectivity index is 1.83. The van der Waals surface area contributed by atoms with Gasteiger partial charge >= 0.3 is 0 Å². The lowest BCUT2D eigenvalue weighted by molar-refractivity contribution is 0.669. The topological polar surface area (TPSA) is 29.9 Å². The fourth-order valence-corrected chi connectivity index (χ4v) is 3.62. The Hall–Kier alpha value is -2.78. The Morgan fingerprint density at radius 1 is 0.917 bits per heavy atom. The van der Waals surface area contributed by atoms with Gasteiger partial charge in [-0.1, -0.05) is 48.0 Å². The molecule has 1 N–H and O–H groups in total. The number of nitrogens with one attached hydrogen (secondary N) is 1. The summed E-state index contributed by atoms with van der Waals surface area (Å²) in [6.45, 7) is 0. The summed E-state index contributed by atoms with van der Waals surface area (Å²) in [5.41, 5.74) is 5.43. The van der Waals surface area contributed by atoms with Gasteiger partial charge in [0.05, 0.1) is 11.0 Å². The highest BCUT2D eigenvalue weighted by Crippen LogP contribution is 2.40. The number of hydrogen-bond acceptors (Lipinski definition) is 2. The highest BCUT2D eigenvalue weighted by atomic mass is 35.5. The van der Waals surface area contributed by atoms with Crippen molar-refractivity contribution in [3.8, 4) is 11.4 Å². The first-order chi connectivity index (χ1) is 11.8. The van der Waals surface area contributed by atoms with E-state index in [2.05, 4.69) is 40.2 Å². The molecule has 1 atom stereocenters. The zero-order valence-electron chi connectivity index (χ0n) is 12.8. The predicted octanol–water partition coefficient (Wildman–Crippen LogP) is 5.33. The molecule has 0 saturated carbocycles. The van der Waals surface area contributed by atoms with E-state index in [0.29, 0.717) is 0 Å². The average molecular weight is 332 g/mol. The molecule has 4 heteroatoms. The molecule has 3 nitrogen and oxygen atoms in total. The number of para-hydroxylation sites is 3. The van der Waals surface area contributed by atoms with E-state index in [1.54, 1.807) is 0 Å². The van der Waals surface area contributed by atoms with Crippen LogP contribution >= 0.6 is 11.6 Å². The summed E-state index contributed by atoms with van der Waals surface area (Å²) >= 11 is 6.23. The lowest BCUT2D eigenvalue weighted by Crippen LogP contribution is -2.24. The number of halogens is 1. The molecule has 116 valence electrons. The molecule has 1 aromatic heterocycles. The minimum absolute atomic E-state index is 0.0407. The highest BCUT2D eigenvalue weighted by Gasteiger charge is 2.27. The minimum Gasteiger partial charge on any atom is -0.361 e. The van der Waals surface area contributed by atoms with Gasteiger partial charge in [-0.2, -0.15) is 0 Å². The smallest absolute Gasteiger partial charge is 0.145 e. The second kappa shape index (κ2) is 5.11. The second-order valence-corrected chi connectivity index (χ2v) is 6.38. The van der Waals surface area contributed by atoms with E-state index in [1.807, 2.05) is 42.5 Å². The largest absolute Gasteiger partial charge is 0.361 e. The molecule has 5 rings (SSSR count). The molecule has 0 aliphatic carbocycles. The van der Waals surface area contributed by atoms with Crippen LogP contribution in [0.3, 0.4) is 0 Å². The third-order valence-electron chi connectivity index (χ3n) is 4.48. The molecule has 0 spiro atoms. The summed E-state index contributed by atoms with van der Waals surface area (Å²) in [6.07, 6.45) is -0.0407. The van der Waals surface area contributed by atoms with Crippen molar-refractivity contribution in [2.75, 3.05) is 5.32 Å². The summed E-state index contributed by atoms with van der Waals surface area (Å²) in [6, 6.07) is 24.5. The van der Waals surface area contributed by atoms with E-state index in [-0.39, 0.29) is 6.17 Å². The summed E-state index contributed by atoms with van der Waals surface area (Å²) < 4.78 is 2.25. The van der Waals surface area contributed by atoms with Gasteiger partial charge in [-0.05, 0) is 42.0 Å². The van der Waals surface area contributed by atoms with Crippen LogP contribution in [0.1, 0.15) is 11.7 Å². The normalized spacial score (nSPS) is 15.6. The summed E-state index contributed by atoms with van der Waals surface area (Å²) in [5.74, 6) is 0.982. The Morgan fingerprint density at radius 3 is 2.67 bits per heavy atom. The number of fused-ring (bicyclic) bond motifs is 5. The van der Waals surface area contributed by atoms with E-state index in [1.165, 1.54) is 0 Å². The lowest BCUT2D eigenvalue weighted by atomic mass is 10.1. The SMILES string of the molecule is Clc1cccc(C2Nc3ccccc3-c3nc4ccccc4n32)c1. The predicted molar refractivity (Wildman–Crippen MR) is 98.4 cm³/mol. The molecule has 1 aliphatic heterocycles. The lowest BCUT2D eigenvalue weighted by Gasteiger charge is -2.30. The molecule has 0 radical (unpaired) electrons. The molecule has 0 saturated heterocycles. The first kappa shape index (κ1) is 13.6. The molecule has 4 aromatic rings. The fraction of sp³-hybridized carbons (Fsp3) is 0.0500. The molecule has 0 amide bonds. The molecular weight excluding hydrogens is 318 g/mol. The summed E-state index contributed by atoms with van der Waals surface area (Å²) in [5, 5.41) is 4.37. The number of anilines is 1. The van der Waals surface area contributed by atoms with Crippen LogP contribution in [0.4, 0.5) is 5.69 Å². The van der Waals surface area contributed by atoms with Crippen LogP contribution in [0.15, 0.2) is 72.8 Å². The van der Waals surface area contributed by atoms with E-state index in [0.717, 1.165) is 38.7 Å². The standard InChI is InChI=1S/C20H14ClN3/c21-14-7-5-6-13(12-14)19-22-16-9-2-1-8-15(16)20-23-17-10-3-4-11-18(17)24(19)20/h1-12,19,22H. The molecule has 3 aromatic carbocycles. The van der Waals surface area contributed by atoms with Crippen molar-refractivity contribution in [2.24, 2.45) is 0 Å². The third kappa shape index (κ3) is 1.95. The Bertz CT molecular complexity index is 1070. The molecule has 0 bridgehead atoms. The Kier molecular flexibility index (Phi) is 2.91. The zero-order chi connectivity index (χ0) is 16.1. The van der Waals surface area contributed by atoms with Crippen molar-refractivity contribution in [3.05, 3.63) is 83.4 Å². The number of nitrogens with zero attached hydrogens (tertiary/aromatic N) is 2. The van der Waals surface area contributed by atoms with Crippen LogP contribution in [0.5, 0.6) is 0 Å². The van der Waals surface area contributed by atoms with Crippen molar-refractivity contribution in [1.82, 2.24) is 9.55 Å². The van der Waals surface area contributed by atoms with Gasteiger partial charge in [0.15, 0.2) is 0 Å². The van der Waals surface area contributed by atoms with Crippen LogP contribution < -0.4 is 5.32 Å².